The molecule has 1 heterocycles. The molecule has 0 saturated heterocycles. The third-order valence-electron chi connectivity index (χ3n) is 4.93. The molecule has 7 heteroatoms. The van der Waals surface area contributed by atoms with E-state index in [0.29, 0.717) is 29.0 Å². The lowest BCUT2D eigenvalue weighted by Gasteiger charge is -2.12. The standard InChI is InChI=1S/C22H23N3O3S/c1-28-19-9-5-2-6-15(19)12-13-23-20(26)14-29-22-24-18-8-4-3-7-17(18)21(27)25(22)16-10-11-16/h2-9,16H,10-14H2,1H3,(H,23,26). The molecule has 6 nitrogen and oxygen atoms in total. The number of para-hydroxylation sites is 2. The number of ether oxygens (including phenoxy) is 1. The van der Waals surface area contributed by atoms with E-state index in [4.69, 9.17) is 4.74 Å². The van der Waals surface area contributed by atoms with Gasteiger partial charge in [0.15, 0.2) is 5.16 Å². The van der Waals surface area contributed by atoms with E-state index in [1.54, 1.807) is 11.7 Å². The molecule has 3 aromatic rings. The lowest BCUT2D eigenvalue weighted by Crippen LogP contribution is -2.28. The molecule has 0 atom stereocenters. The number of amides is 1. The molecule has 0 aliphatic heterocycles. The molecule has 4 rings (SSSR count). The van der Waals surface area contributed by atoms with Gasteiger partial charge in [-0.05, 0) is 43.0 Å². The molecule has 1 aliphatic rings. The van der Waals surface area contributed by atoms with Crippen LogP contribution in [0.3, 0.4) is 0 Å². The summed E-state index contributed by atoms with van der Waals surface area (Å²) in [5, 5.41) is 4.19. The Balaban J connectivity index is 1.40. The number of carbonyl (C=O) groups excluding carboxylic acids is 1. The zero-order valence-corrected chi connectivity index (χ0v) is 17.1. The number of benzene rings is 2. The second-order valence-corrected chi connectivity index (χ2v) is 7.96. The number of nitrogens with one attached hydrogen (secondary N) is 1. The highest BCUT2D eigenvalue weighted by Gasteiger charge is 2.28. The van der Waals surface area contributed by atoms with Crippen molar-refractivity contribution < 1.29 is 9.53 Å². The van der Waals surface area contributed by atoms with Crippen molar-refractivity contribution in [2.75, 3.05) is 19.4 Å². The first kappa shape index (κ1) is 19.5. The van der Waals surface area contributed by atoms with Gasteiger partial charge in [-0.25, -0.2) is 4.98 Å². The summed E-state index contributed by atoms with van der Waals surface area (Å²) in [6.45, 7) is 0.528. The molecule has 0 spiro atoms. The van der Waals surface area contributed by atoms with Crippen LogP contribution in [-0.4, -0.2) is 34.9 Å². The Bertz CT molecular complexity index is 1090. The van der Waals surface area contributed by atoms with Crippen LogP contribution in [0.1, 0.15) is 24.4 Å². The maximum Gasteiger partial charge on any atom is 0.262 e. The Kier molecular flexibility index (Phi) is 5.85. The van der Waals surface area contributed by atoms with E-state index in [2.05, 4.69) is 10.3 Å². The third kappa shape index (κ3) is 4.45. The molecule has 0 bridgehead atoms. The molecule has 1 aliphatic carbocycles. The van der Waals surface area contributed by atoms with Gasteiger partial charge in [0.05, 0.1) is 23.8 Å². The van der Waals surface area contributed by atoms with Crippen LogP contribution in [0.4, 0.5) is 0 Å². The van der Waals surface area contributed by atoms with Gasteiger partial charge in [-0.3, -0.25) is 14.2 Å². The Morgan fingerprint density at radius 2 is 1.97 bits per heavy atom. The van der Waals surface area contributed by atoms with Crippen LogP contribution in [0, 0.1) is 0 Å². The van der Waals surface area contributed by atoms with E-state index in [1.807, 2.05) is 48.5 Å². The average molecular weight is 410 g/mol. The first-order chi connectivity index (χ1) is 14.2. The molecule has 2 aromatic carbocycles. The quantitative estimate of drug-likeness (QED) is 0.457. The normalized spacial score (nSPS) is 13.4. The van der Waals surface area contributed by atoms with Crippen molar-refractivity contribution >= 4 is 28.6 Å². The monoisotopic (exact) mass is 409 g/mol. The number of thioether (sulfide) groups is 1. The van der Waals surface area contributed by atoms with Crippen molar-refractivity contribution in [2.45, 2.75) is 30.5 Å². The Morgan fingerprint density at radius 1 is 1.21 bits per heavy atom. The van der Waals surface area contributed by atoms with Gasteiger partial charge in [0.25, 0.3) is 5.56 Å². The molecule has 1 amide bonds. The first-order valence-corrected chi connectivity index (χ1v) is 10.7. The van der Waals surface area contributed by atoms with Crippen molar-refractivity contribution in [1.82, 2.24) is 14.9 Å². The molecular weight excluding hydrogens is 386 g/mol. The summed E-state index contributed by atoms with van der Waals surface area (Å²) in [7, 11) is 1.64. The zero-order chi connectivity index (χ0) is 20.2. The van der Waals surface area contributed by atoms with Crippen molar-refractivity contribution in [1.29, 1.82) is 0 Å². The minimum absolute atomic E-state index is 0.0165. The Morgan fingerprint density at radius 3 is 2.76 bits per heavy atom. The summed E-state index contributed by atoms with van der Waals surface area (Å²) in [6.07, 6.45) is 2.67. The van der Waals surface area contributed by atoms with Crippen molar-refractivity contribution in [3.63, 3.8) is 0 Å². The van der Waals surface area contributed by atoms with Gasteiger partial charge >= 0.3 is 0 Å². The van der Waals surface area contributed by atoms with Crippen LogP contribution < -0.4 is 15.6 Å². The van der Waals surface area contributed by atoms with Gasteiger partial charge in [-0.1, -0.05) is 42.1 Å². The van der Waals surface area contributed by atoms with Crippen LogP contribution >= 0.6 is 11.8 Å². The van der Waals surface area contributed by atoms with Crippen LogP contribution in [0.25, 0.3) is 10.9 Å². The molecule has 1 fully saturated rings. The molecule has 0 unspecified atom stereocenters. The highest BCUT2D eigenvalue weighted by molar-refractivity contribution is 7.99. The van der Waals surface area contributed by atoms with Gasteiger partial charge in [-0.2, -0.15) is 0 Å². The zero-order valence-electron chi connectivity index (χ0n) is 16.3. The number of methoxy groups -OCH3 is 1. The van der Waals surface area contributed by atoms with E-state index in [9.17, 15) is 9.59 Å². The predicted molar refractivity (Wildman–Crippen MR) is 115 cm³/mol. The molecule has 150 valence electrons. The van der Waals surface area contributed by atoms with Gasteiger partial charge in [0.2, 0.25) is 5.91 Å². The molecule has 1 aromatic heterocycles. The topological polar surface area (TPSA) is 73.2 Å². The lowest BCUT2D eigenvalue weighted by molar-refractivity contribution is -0.118. The number of aromatic nitrogens is 2. The lowest BCUT2D eigenvalue weighted by atomic mass is 10.1. The molecule has 0 radical (unpaired) electrons. The average Bonchev–Trinajstić information content (AvgIpc) is 3.58. The highest BCUT2D eigenvalue weighted by Crippen LogP contribution is 2.36. The summed E-state index contributed by atoms with van der Waals surface area (Å²) < 4.78 is 7.10. The summed E-state index contributed by atoms with van der Waals surface area (Å²) >= 11 is 1.32. The predicted octanol–water partition coefficient (Wildman–Crippen LogP) is 3.19. The Hall–Kier alpha value is -2.80. The van der Waals surface area contributed by atoms with Crippen molar-refractivity contribution in [3.8, 4) is 5.75 Å². The first-order valence-electron chi connectivity index (χ1n) is 9.70. The SMILES string of the molecule is COc1ccccc1CCNC(=O)CSc1nc2ccccc2c(=O)n1C1CC1. The fourth-order valence-electron chi connectivity index (χ4n) is 3.31. The van der Waals surface area contributed by atoms with Crippen molar-refractivity contribution in [2.24, 2.45) is 0 Å². The molecule has 1 N–H and O–H groups in total. The maximum atomic E-state index is 12.9. The number of rotatable bonds is 8. The molecule has 1 saturated carbocycles. The van der Waals surface area contributed by atoms with Gasteiger partial charge in [-0.15, -0.1) is 0 Å². The fourth-order valence-corrected chi connectivity index (χ4v) is 4.21. The maximum absolute atomic E-state index is 12.9. The van der Waals surface area contributed by atoms with E-state index in [1.165, 1.54) is 11.8 Å². The number of carbonyl (C=O) groups is 1. The fraction of sp³-hybridized carbons (Fsp3) is 0.318. The van der Waals surface area contributed by atoms with Crippen LogP contribution in [0.2, 0.25) is 0 Å². The summed E-state index contributed by atoms with van der Waals surface area (Å²) in [5.41, 5.74) is 1.72. The second-order valence-electron chi connectivity index (χ2n) is 7.02. The second kappa shape index (κ2) is 8.69. The smallest absolute Gasteiger partial charge is 0.262 e. The van der Waals surface area contributed by atoms with Gasteiger partial charge < -0.3 is 10.1 Å². The van der Waals surface area contributed by atoms with Crippen molar-refractivity contribution in [3.05, 3.63) is 64.4 Å². The van der Waals surface area contributed by atoms with E-state index >= 15 is 0 Å². The van der Waals surface area contributed by atoms with Crippen LogP contribution in [-0.2, 0) is 11.2 Å². The van der Waals surface area contributed by atoms with Gasteiger partial charge in [0.1, 0.15) is 5.75 Å². The third-order valence-corrected chi connectivity index (χ3v) is 5.88. The highest BCUT2D eigenvalue weighted by atomic mass is 32.2. The number of hydrogen-bond donors (Lipinski definition) is 1. The summed E-state index contributed by atoms with van der Waals surface area (Å²) in [5.74, 6) is 0.975. The summed E-state index contributed by atoms with van der Waals surface area (Å²) in [6, 6.07) is 15.4. The molecule has 29 heavy (non-hydrogen) atoms. The number of nitrogens with zero attached hydrogens (tertiary/aromatic N) is 2. The molecular formula is C22H23N3O3S. The van der Waals surface area contributed by atoms with E-state index < -0.39 is 0 Å². The number of hydrogen-bond acceptors (Lipinski definition) is 5. The Labute approximate surface area is 173 Å². The largest absolute Gasteiger partial charge is 0.496 e. The minimum atomic E-state index is -0.0744. The summed E-state index contributed by atoms with van der Waals surface area (Å²) in [4.78, 5) is 29.8. The van der Waals surface area contributed by atoms with Crippen LogP contribution in [0.5, 0.6) is 5.75 Å². The minimum Gasteiger partial charge on any atom is -0.496 e. The van der Waals surface area contributed by atoms with E-state index in [0.717, 1.165) is 24.2 Å². The number of fused-ring (bicyclic) bond motifs is 1. The van der Waals surface area contributed by atoms with Gasteiger partial charge in [0, 0.05) is 12.6 Å². The van der Waals surface area contributed by atoms with E-state index in [-0.39, 0.29) is 23.3 Å². The van der Waals surface area contributed by atoms with Crippen LogP contribution in [0.15, 0.2) is 58.5 Å².